The van der Waals surface area contributed by atoms with E-state index in [1.807, 2.05) is 6.08 Å². The number of rotatable bonds is 10. The van der Waals surface area contributed by atoms with Crippen LogP contribution in [0.2, 0.25) is 18.1 Å². The van der Waals surface area contributed by atoms with Crippen molar-refractivity contribution in [3.8, 4) is 0 Å². The molecule has 0 aliphatic carbocycles. The van der Waals surface area contributed by atoms with E-state index in [1.165, 1.54) is 0 Å². The summed E-state index contributed by atoms with van der Waals surface area (Å²) in [5, 5.41) is 0.191. The van der Waals surface area contributed by atoms with E-state index in [0.29, 0.717) is 6.61 Å². The van der Waals surface area contributed by atoms with E-state index in [1.54, 1.807) is 19.9 Å². The third-order valence-electron chi connectivity index (χ3n) is 3.42. The van der Waals surface area contributed by atoms with Crippen LogP contribution < -0.4 is 0 Å². The van der Waals surface area contributed by atoms with Crippen LogP contribution in [0.1, 0.15) is 34.6 Å². The van der Waals surface area contributed by atoms with E-state index in [4.69, 9.17) is 18.0 Å². The lowest BCUT2D eigenvalue weighted by Crippen LogP contribution is -2.40. The van der Waals surface area contributed by atoms with E-state index in [9.17, 15) is 4.57 Å². The molecule has 21 heavy (non-hydrogen) atoms. The zero-order chi connectivity index (χ0) is 16.6. The van der Waals surface area contributed by atoms with Crippen LogP contribution in [0.4, 0.5) is 0 Å². The highest BCUT2D eigenvalue weighted by atomic mass is 31.2. The molecule has 0 saturated carbocycles. The van der Waals surface area contributed by atoms with Gasteiger partial charge in [0.2, 0.25) is 0 Å². The van der Waals surface area contributed by atoms with Gasteiger partial charge in [-0.25, -0.2) is 4.57 Å². The molecule has 0 amide bonds. The molecule has 0 unspecified atom stereocenters. The normalized spacial score (nSPS) is 14.0. The predicted molar refractivity (Wildman–Crippen MR) is 89.1 cm³/mol. The van der Waals surface area contributed by atoms with Gasteiger partial charge < -0.3 is 4.43 Å². The Morgan fingerprint density at radius 2 is 1.43 bits per heavy atom. The highest BCUT2D eigenvalue weighted by Gasteiger charge is 2.36. The molecule has 0 fully saturated rings. The molecule has 0 aromatic carbocycles. The zero-order valence-electron chi connectivity index (χ0n) is 14.5. The zero-order valence-corrected chi connectivity index (χ0v) is 16.4. The number of hydrogen-bond acceptors (Lipinski definition) is 5. The van der Waals surface area contributed by atoms with Crippen molar-refractivity contribution in [1.82, 2.24) is 0 Å². The molecule has 0 atom stereocenters. The Kier molecular flexibility index (Phi) is 9.24. The van der Waals surface area contributed by atoms with Gasteiger partial charge in [0.05, 0.1) is 26.4 Å². The fraction of sp³-hybridized carbons (Fsp3) is 0.857. The Morgan fingerprint density at radius 3 is 1.86 bits per heavy atom. The van der Waals surface area contributed by atoms with Gasteiger partial charge in [-0.2, -0.15) is 0 Å². The maximum absolute atomic E-state index is 12.0. The van der Waals surface area contributed by atoms with Crippen LogP contribution in [-0.2, 0) is 22.6 Å². The maximum Gasteiger partial charge on any atom is 0.475 e. The standard InChI is InChI=1S/C14H31O5PSi/c1-8-16-20(15,17-9-2)18-12-10-11-13-19-21(6,7)14(3,4)5/h10-11H,8-9,12-13H2,1-7H3/b11-10+. The lowest BCUT2D eigenvalue weighted by atomic mass is 10.2. The van der Waals surface area contributed by atoms with E-state index in [0.717, 1.165) is 0 Å². The lowest BCUT2D eigenvalue weighted by Gasteiger charge is -2.35. The first-order valence-corrected chi connectivity index (χ1v) is 11.8. The molecule has 0 saturated heterocycles. The van der Waals surface area contributed by atoms with Gasteiger partial charge in [-0.15, -0.1) is 0 Å². The second kappa shape index (κ2) is 9.23. The van der Waals surface area contributed by atoms with Crippen LogP contribution in [0.3, 0.4) is 0 Å². The minimum atomic E-state index is -3.41. The molecule has 0 radical (unpaired) electrons. The average molecular weight is 338 g/mol. The molecule has 7 heteroatoms. The second-order valence-corrected chi connectivity index (χ2v) is 12.6. The largest absolute Gasteiger partial charge is 0.475 e. The summed E-state index contributed by atoms with van der Waals surface area (Å²) in [6.07, 6.45) is 3.65. The van der Waals surface area contributed by atoms with Crippen LogP contribution >= 0.6 is 7.82 Å². The van der Waals surface area contributed by atoms with Crippen LogP contribution in [0.15, 0.2) is 12.2 Å². The van der Waals surface area contributed by atoms with Gasteiger partial charge in [0, 0.05) is 0 Å². The second-order valence-electron chi connectivity index (χ2n) is 6.12. The Bertz CT molecular complexity index is 353. The van der Waals surface area contributed by atoms with E-state index < -0.39 is 16.1 Å². The van der Waals surface area contributed by atoms with Gasteiger partial charge in [0.15, 0.2) is 8.32 Å². The molecule has 0 aliphatic heterocycles. The van der Waals surface area contributed by atoms with Crippen molar-refractivity contribution < 1.29 is 22.6 Å². The van der Waals surface area contributed by atoms with Crippen LogP contribution in [-0.4, -0.2) is 34.7 Å². The van der Waals surface area contributed by atoms with Gasteiger partial charge in [-0.05, 0) is 32.0 Å². The van der Waals surface area contributed by atoms with Gasteiger partial charge in [0.25, 0.3) is 0 Å². The number of phosphoric ester groups is 1. The first kappa shape index (κ1) is 21.0. The molecular formula is C14H31O5PSi. The smallest absolute Gasteiger partial charge is 0.413 e. The Balaban J connectivity index is 4.16. The molecule has 0 spiro atoms. The molecule has 5 nitrogen and oxygen atoms in total. The summed E-state index contributed by atoms with van der Waals surface area (Å²) in [4.78, 5) is 0. The van der Waals surface area contributed by atoms with Gasteiger partial charge in [-0.3, -0.25) is 13.6 Å². The van der Waals surface area contributed by atoms with Crippen molar-refractivity contribution in [2.45, 2.75) is 52.8 Å². The topological polar surface area (TPSA) is 54.0 Å². The molecule has 0 aromatic heterocycles. The summed E-state index contributed by atoms with van der Waals surface area (Å²) in [5.41, 5.74) is 0. The molecule has 0 bridgehead atoms. The SMILES string of the molecule is CCOP(=O)(OCC)OC/C=C/CO[Si](C)(C)C(C)(C)C. The highest BCUT2D eigenvalue weighted by molar-refractivity contribution is 7.48. The minimum absolute atomic E-state index is 0.179. The summed E-state index contributed by atoms with van der Waals surface area (Å²) in [6.45, 7) is 15.8. The molecule has 0 aliphatic rings. The minimum Gasteiger partial charge on any atom is -0.413 e. The summed E-state index contributed by atoms with van der Waals surface area (Å²) in [6, 6.07) is 0. The first-order chi connectivity index (χ1) is 9.58. The van der Waals surface area contributed by atoms with Gasteiger partial charge >= 0.3 is 7.82 Å². The molecule has 0 N–H and O–H groups in total. The predicted octanol–water partition coefficient (Wildman–Crippen LogP) is 4.76. The number of hydrogen-bond donors (Lipinski definition) is 0. The molecule has 0 heterocycles. The molecular weight excluding hydrogens is 307 g/mol. The fourth-order valence-corrected chi connectivity index (χ4v) is 3.24. The Hall–Kier alpha value is 0.0269. The summed E-state index contributed by atoms with van der Waals surface area (Å²) in [5.74, 6) is 0. The van der Waals surface area contributed by atoms with Crippen LogP contribution in [0.25, 0.3) is 0 Å². The maximum atomic E-state index is 12.0. The Morgan fingerprint density at radius 1 is 0.952 bits per heavy atom. The van der Waals surface area contributed by atoms with Crippen LogP contribution in [0.5, 0.6) is 0 Å². The molecule has 0 aromatic rings. The van der Waals surface area contributed by atoms with Crippen molar-refractivity contribution >= 4 is 16.1 Å². The van der Waals surface area contributed by atoms with Crippen molar-refractivity contribution in [2.24, 2.45) is 0 Å². The van der Waals surface area contributed by atoms with Crippen molar-refractivity contribution in [1.29, 1.82) is 0 Å². The summed E-state index contributed by atoms with van der Waals surface area (Å²) in [7, 11) is -5.13. The summed E-state index contributed by atoms with van der Waals surface area (Å²) >= 11 is 0. The third kappa shape index (κ3) is 8.29. The van der Waals surface area contributed by atoms with Crippen molar-refractivity contribution in [3.05, 3.63) is 12.2 Å². The third-order valence-corrected chi connectivity index (χ3v) is 9.53. The van der Waals surface area contributed by atoms with Gasteiger partial charge in [-0.1, -0.05) is 32.9 Å². The van der Waals surface area contributed by atoms with Crippen LogP contribution in [0, 0.1) is 0 Å². The fourth-order valence-electron chi connectivity index (χ4n) is 1.17. The first-order valence-electron chi connectivity index (χ1n) is 7.40. The van der Waals surface area contributed by atoms with E-state index >= 15 is 0 Å². The molecule has 0 rings (SSSR count). The molecule has 126 valence electrons. The monoisotopic (exact) mass is 338 g/mol. The van der Waals surface area contributed by atoms with E-state index in [2.05, 4.69) is 33.9 Å². The number of phosphoric acid groups is 1. The quantitative estimate of drug-likeness (QED) is 0.326. The van der Waals surface area contributed by atoms with Crippen molar-refractivity contribution in [3.63, 3.8) is 0 Å². The highest BCUT2D eigenvalue weighted by Crippen LogP contribution is 2.49. The van der Waals surface area contributed by atoms with Crippen molar-refractivity contribution in [2.75, 3.05) is 26.4 Å². The lowest BCUT2D eigenvalue weighted by molar-refractivity contribution is 0.131. The van der Waals surface area contributed by atoms with E-state index in [-0.39, 0.29) is 24.9 Å². The summed E-state index contributed by atoms with van der Waals surface area (Å²) < 4.78 is 33.2. The average Bonchev–Trinajstić information content (AvgIpc) is 2.32. The van der Waals surface area contributed by atoms with Gasteiger partial charge in [0.1, 0.15) is 0 Å². The Labute approximate surface area is 130 Å².